The molecule has 1 aromatic carbocycles. The number of benzene rings is 1. The minimum absolute atomic E-state index is 0.0171. The van der Waals surface area contributed by atoms with Crippen LogP contribution in [0.15, 0.2) is 53.7 Å². The first-order valence-electron chi connectivity index (χ1n) is 10.1. The van der Waals surface area contributed by atoms with Crippen LogP contribution in [0.25, 0.3) is 0 Å². The fraction of sp³-hybridized carbons (Fsp3) is 0.333. The minimum Gasteiger partial charge on any atom is -0.455 e. The van der Waals surface area contributed by atoms with Crippen molar-refractivity contribution in [2.45, 2.75) is 24.3 Å². The van der Waals surface area contributed by atoms with E-state index < -0.39 is 46.9 Å². The summed E-state index contributed by atoms with van der Waals surface area (Å²) in [5.41, 5.74) is 0.0171. The highest BCUT2D eigenvalue weighted by Gasteiger charge is 2.33. The van der Waals surface area contributed by atoms with Crippen molar-refractivity contribution in [2.75, 3.05) is 19.7 Å². The molecule has 13 heteroatoms. The van der Waals surface area contributed by atoms with Gasteiger partial charge in [-0.15, -0.1) is 0 Å². The Balaban J connectivity index is 1.43. The summed E-state index contributed by atoms with van der Waals surface area (Å²) in [5, 5.41) is 2.02. The van der Waals surface area contributed by atoms with Gasteiger partial charge in [0.1, 0.15) is 10.6 Å². The van der Waals surface area contributed by atoms with E-state index in [0.717, 1.165) is 12.1 Å². The van der Waals surface area contributed by atoms with E-state index in [2.05, 4.69) is 9.72 Å². The number of hydrogen-bond donors (Lipinski definition) is 1. The molecule has 182 valence electrons. The number of carbonyl (C=O) groups excluding carboxylic acids is 3. The van der Waals surface area contributed by atoms with Crippen LogP contribution >= 0.6 is 0 Å². The van der Waals surface area contributed by atoms with Crippen molar-refractivity contribution >= 4 is 27.8 Å². The number of halogens is 2. The third-order valence-corrected chi connectivity index (χ3v) is 6.88. The van der Waals surface area contributed by atoms with E-state index in [1.165, 1.54) is 41.0 Å². The molecule has 1 aromatic heterocycles. The van der Waals surface area contributed by atoms with Crippen molar-refractivity contribution in [3.63, 3.8) is 0 Å². The number of hydrogen-bond acceptors (Lipinski definition) is 8. The Bertz CT molecular complexity index is 1120. The number of pyridine rings is 1. The van der Waals surface area contributed by atoms with Gasteiger partial charge >= 0.3 is 12.6 Å². The number of carbonyl (C=O) groups is 3. The van der Waals surface area contributed by atoms with E-state index in [1.54, 1.807) is 0 Å². The SMILES string of the molecule is O=C(COC(=O)C1CCN(S(=O)(=O)c2cccnc2)CC1)NC(=O)c1ccc(OC(F)F)cc1. The van der Waals surface area contributed by atoms with Crippen molar-refractivity contribution in [1.29, 1.82) is 0 Å². The second kappa shape index (κ2) is 11.1. The van der Waals surface area contributed by atoms with E-state index in [0.29, 0.717) is 0 Å². The van der Waals surface area contributed by atoms with Gasteiger partial charge in [0.15, 0.2) is 6.61 Å². The minimum atomic E-state index is -3.71. The molecule has 1 aliphatic heterocycles. The number of esters is 1. The molecule has 3 rings (SSSR count). The highest BCUT2D eigenvalue weighted by molar-refractivity contribution is 7.89. The molecule has 10 nitrogen and oxygen atoms in total. The number of alkyl halides is 2. The first-order chi connectivity index (χ1) is 16.2. The van der Waals surface area contributed by atoms with E-state index in [9.17, 15) is 31.6 Å². The van der Waals surface area contributed by atoms with Gasteiger partial charge in [-0.25, -0.2) is 8.42 Å². The molecule has 0 unspecified atom stereocenters. The zero-order valence-corrected chi connectivity index (χ0v) is 18.5. The summed E-state index contributed by atoms with van der Waals surface area (Å²) in [7, 11) is -3.71. The molecular formula is C21H21F2N3O7S. The highest BCUT2D eigenvalue weighted by atomic mass is 32.2. The summed E-state index contributed by atoms with van der Waals surface area (Å²) in [6.07, 6.45) is 3.14. The molecule has 0 radical (unpaired) electrons. The Kier molecular flexibility index (Phi) is 8.23. The van der Waals surface area contributed by atoms with Crippen LogP contribution in [-0.4, -0.2) is 61.8 Å². The number of ether oxygens (including phenoxy) is 2. The molecule has 0 spiro atoms. The predicted octanol–water partition coefficient (Wildman–Crippen LogP) is 1.58. The summed E-state index contributed by atoms with van der Waals surface area (Å²) >= 11 is 0. The normalized spacial score (nSPS) is 15.0. The molecule has 1 fully saturated rings. The molecule has 2 heterocycles. The third kappa shape index (κ3) is 6.54. The number of imide groups is 1. The maximum Gasteiger partial charge on any atom is 0.387 e. The Morgan fingerprint density at radius 2 is 1.79 bits per heavy atom. The second-order valence-corrected chi connectivity index (χ2v) is 9.19. The van der Waals surface area contributed by atoms with Gasteiger partial charge in [-0.05, 0) is 49.2 Å². The zero-order valence-electron chi connectivity index (χ0n) is 17.7. The smallest absolute Gasteiger partial charge is 0.387 e. The molecule has 1 saturated heterocycles. The topological polar surface area (TPSA) is 132 Å². The molecule has 34 heavy (non-hydrogen) atoms. The van der Waals surface area contributed by atoms with Gasteiger partial charge in [-0.2, -0.15) is 13.1 Å². The molecule has 1 aliphatic rings. The maximum atomic E-state index is 12.6. The molecule has 0 atom stereocenters. The maximum absolute atomic E-state index is 12.6. The molecule has 2 aromatic rings. The van der Waals surface area contributed by atoms with Crippen LogP contribution in [0.1, 0.15) is 23.2 Å². The Hall–Kier alpha value is -3.45. The van der Waals surface area contributed by atoms with Crippen molar-refractivity contribution < 1.29 is 41.1 Å². The number of piperidine rings is 1. The van der Waals surface area contributed by atoms with Gasteiger partial charge < -0.3 is 9.47 Å². The lowest BCUT2D eigenvalue weighted by atomic mass is 9.98. The van der Waals surface area contributed by atoms with Crippen molar-refractivity contribution in [3.05, 3.63) is 54.4 Å². The lowest BCUT2D eigenvalue weighted by Gasteiger charge is -2.29. The molecule has 0 bridgehead atoms. The quantitative estimate of drug-likeness (QED) is 0.544. The van der Waals surface area contributed by atoms with Crippen molar-refractivity contribution in [3.8, 4) is 5.75 Å². The highest BCUT2D eigenvalue weighted by Crippen LogP contribution is 2.24. The lowest BCUT2D eigenvalue weighted by molar-refractivity contribution is -0.153. The number of nitrogens with zero attached hydrogens (tertiary/aromatic N) is 2. The monoisotopic (exact) mass is 497 g/mol. The molecule has 0 saturated carbocycles. The van der Waals surface area contributed by atoms with Gasteiger partial charge in [0, 0.05) is 31.0 Å². The predicted molar refractivity (Wildman–Crippen MR) is 112 cm³/mol. The summed E-state index contributed by atoms with van der Waals surface area (Å²) in [6.45, 7) is -3.50. The Labute approximate surface area is 193 Å². The number of nitrogens with one attached hydrogen (secondary N) is 1. The standard InChI is InChI=1S/C21H21F2N3O7S/c22-21(23)33-16-5-3-14(4-6-16)19(28)25-18(27)13-32-20(29)15-7-10-26(11-8-15)34(30,31)17-2-1-9-24-12-17/h1-6,9,12,15,21H,7-8,10-11,13H2,(H,25,27,28). The van der Waals surface area contributed by atoms with E-state index in [1.807, 2.05) is 5.32 Å². The fourth-order valence-electron chi connectivity index (χ4n) is 3.26. The van der Waals surface area contributed by atoms with Crippen LogP contribution in [0, 0.1) is 5.92 Å². The average Bonchev–Trinajstić information content (AvgIpc) is 2.83. The van der Waals surface area contributed by atoms with Crippen LogP contribution in [0.3, 0.4) is 0 Å². The summed E-state index contributed by atoms with van der Waals surface area (Å²) in [6, 6.07) is 7.63. The van der Waals surface area contributed by atoms with E-state index in [-0.39, 0.29) is 42.1 Å². The van der Waals surface area contributed by atoms with Crippen molar-refractivity contribution in [1.82, 2.24) is 14.6 Å². The molecule has 1 N–H and O–H groups in total. The number of aromatic nitrogens is 1. The number of rotatable bonds is 8. The molecule has 0 aliphatic carbocycles. The Morgan fingerprint density at radius 1 is 1.12 bits per heavy atom. The lowest BCUT2D eigenvalue weighted by Crippen LogP contribution is -2.41. The van der Waals surface area contributed by atoms with Gasteiger partial charge in [0.25, 0.3) is 11.8 Å². The molecular weight excluding hydrogens is 476 g/mol. The van der Waals surface area contributed by atoms with Gasteiger partial charge in [0.2, 0.25) is 10.0 Å². The van der Waals surface area contributed by atoms with Crippen LogP contribution in [0.2, 0.25) is 0 Å². The fourth-order valence-corrected chi connectivity index (χ4v) is 4.69. The van der Waals surface area contributed by atoms with Crippen molar-refractivity contribution in [2.24, 2.45) is 5.92 Å². The van der Waals surface area contributed by atoms with Gasteiger partial charge in [0.05, 0.1) is 5.92 Å². The number of sulfonamides is 1. The van der Waals surface area contributed by atoms with Crippen LogP contribution in [0.4, 0.5) is 8.78 Å². The zero-order chi connectivity index (χ0) is 24.7. The van der Waals surface area contributed by atoms with Crippen LogP contribution in [-0.2, 0) is 24.3 Å². The van der Waals surface area contributed by atoms with Crippen LogP contribution < -0.4 is 10.1 Å². The summed E-state index contributed by atoms with van der Waals surface area (Å²) in [5.74, 6) is -3.09. The van der Waals surface area contributed by atoms with Gasteiger partial charge in [-0.1, -0.05) is 0 Å². The van der Waals surface area contributed by atoms with E-state index >= 15 is 0 Å². The average molecular weight is 497 g/mol. The third-order valence-electron chi connectivity index (χ3n) is 5.00. The van der Waals surface area contributed by atoms with E-state index in [4.69, 9.17) is 4.74 Å². The van der Waals surface area contributed by atoms with Crippen LogP contribution in [0.5, 0.6) is 5.75 Å². The first-order valence-corrected chi connectivity index (χ1v) is 11.6. The summed E-state index contributed by atoms with van der Waals surface area (Å²) < 4.78 is 59.9. The number of amides is 2. The summed E-state index contributed by atoms with van der Waals surface area (Å²) in [4.78, 5) is 40.1. The Morgan fingerprint density at radius 3 is 2.38 bits per heavy atom. The first kappa shape index (κ1) is 25.2. The largest absolute Gasteiger partial charge is 0.455 e. The second-order valence-electron chi connectivity index (χ2n) is 7.25. The van der Waals surface area contributed by atoms with Gasteiger partial charge in [-0.3, -0.25) is 24.7 Å². The molecule has 2 amide bonds.